The van der Waals surface area contributed by atoms with Crippen molar-refractivity contribution in [2.24, 2.45) is 5.92 Å². The average molecular weight is 563 g/mol. The van der Waals surface area contributed by atoms with Crippen molar-refractivity contribution < 1.29 is 19.1 Å². The molecule has 7 heteroatoms. The molecule has 2 aromatic carbocycles. The van der Waals surface area contributed by atoms with Gasteiger partial charge in [-0.25, -0.2) is 0 Å². The van der Waals surface area contributed by atoms with Gasteiger partial charge in [-0.3, -0.25) is 14.5 Å². The molecule has 0 aromatic heterocycles. The Kier molecular flexibility index (Phi) is 7.78. The second kappa shape index (κ2) is 10.7. The van der Waals surface area contributed by atoms with E-state index in [-0.39, 0.29) is 11.1 Å². The first-order chi connectivity index (χ1) is 15.5. The fraction of sp³-hybridized carbons (Fsp3) is 0.360. The minimum atomic E-state index is -0.191. The summed E-state index contributed by atoms with van der Waals surface area (Å²) in [7, 11) is 1.60. The van der Waals surface area contributed by atoms with Crippen LogP contribution >= 0.6 is 34.4 Å². The smallest absolute Gasteiger partial charge is 0.293 e. The van der Waals surface area contributed by atoms with Crippen LogP contribution in [0.3, 0.4) is 0 Å². The zero-order valence-electron chi connectivity index (χ0n) is 18.0. The monoisotopic (exact) mass is 563 g/mol. The van der Waals surface area contributed by atoms with Gasteiger partial charge in [0.15, 0.2) is 11.5 Å². The topological polar surface area (TPSA) is 55.8 Å². The molecule has 2 aromatic rings. The fourth-order valence-electron chi connectivity index (χ4n) is 4.13. The van der Waals surface area contributed by atoms with Gasteiger partial charge in [0.05, 0.1) is 15.6 Å². The summed E-state index contributed by atoms with van der Waals surface area (Å²) in [6, 6.07) is 13.7. The van der Waals surface area contributed by atoms with Crippen molar-refractivity contribution in [3.8, 4) is 11.5 Å². The number of carbonyl (C=O) groups is 2. The predicted molar refractivity (Wildman–Crippen MR) is 136 cm³/mol. The average Bonchev–Trinajstić information content (AvgIpc) is 3.06. The van der Waals surface area contributed by atoms with Gasteiger partial charge in [0.2, 0.25) is 0 Å². The van der Waals surface area contributed by atoms with Crippen LogP contribution in [0.1, 0.15) is 43.2 Å². The van der Waals surface area contributed by atoms with Gasteiger partial charge >= 0.3 is 0 Å². The molecule has 4 rings (SSSR count). The molecule has 0 radical (unpaired) electrons. The standard InChI is InChI=1S/C25H26INO4S/c1-30-21-13-19(12-20(26)23(21)31-16-18-10-6-3-7-11-18)14-22-24(28)27(25(29)32-22)15-17-8-4-2-5-9-17/h3,6-7,10-14,17H,2,4-5,8-9,15-16H2,1H3/b22-14+. The number of ether oxygens (including phenoxy) is 2. The number of carbonyl (C=O) groups excluding carboxylic acids is 2. The molecule has 1 aliphatic carbocycles. The molecule has 2 fully saturated rings. The van der Waals surface area contributed by atoms with Gasteiger partial charge in [-0.2, -0.15) is 0 Å². The van der Waals surface area contributed by atoms with Gasteiger partial charge in [0, 0.05) is 6.54 Å². The third kappa shape index (κ3) is 5.49. The molecule has 2 aliphatic rings. The Labute approximate surface area is 206 Å². The first-order valence-corrected chi connectivity index (χ1v) is 12.7. The van der Waals surface area contributed by atoms with Crippen molar-refractivity contribution in [1.82, 2.24) is 4.90 Å². The normalized spacial score (nSPS) is 18.4. The lowest BCUT2D eigenvalue weighted by molar-refractivity contribution is -0.123. The Hall–Kier alpha value is -2.00. The second-order valence-corrected chi connectivity index (χ2v) is 10.3. The van der Waals surface area contributed by atoms with Gasteiger partial charge < -0.3 is 9.47 Å². The maximum Gasteiger partial charge on any atom is 0.293 e. The number of imide groups is 1. The molecule has 2 amide bonds. The molecule has 1 saturated carbocycles. The molecule has 0 atom stereocenters. The molecule has 1 saturated heterocycles. The number of thioether (sulfide) groups is 1. The number of rotatable bonds is 7. The van der Waals surface area contributed by atoms with Crippen LogP contribution in [0, 0.1) is 9.49 Å². The first kappa shape index (κ1) is 23.2. The summed E-state index contributed by atoms with van der Waals surface area (Å²) < 4.78 is 12.5. The lowest BCUT2D eigenvalue weighted by Gasteiger charge is -2.25. The van der Waals surface area contributed by atoms with Crippen LogP contribution in [-0.2, 0) is 11.4 Å². The Morgan fingerprint density at radius 2 is 1.88 bits per heavy atom. The number of nitrogens with zero attached hydrogens (tertiary/aromatic N) is 1. The minimum absolute atomic E-state index is 0.170. The van der Waals surface area contributed by atoms with Crippen LogP contribution in [0.5, 0.6) is 11.5 Å². The lowest BCUT2D eigenvalue weighted by atomic mass is 9.89. The maximum absolute atomic E-state index is 12.9. The van der Waals surface area contributed by atoms with E-state index < -0.39 is 0 Å². The first-order valence-electron chi connectivity index (χ1n) is 10.8. The van der Waals surface area contributed by atoms with E-state index in [1.165, 1.54) is 24.2 Å². The summed E-state index contributed by atoms with van der Waals surface area (Å²) in [5, 5.41) is -0.170. The van der Waals surface area contributed by atoms with Crippen molar-refractivity contribution in [1.29, 1.82) is 0 Å². The highest BCUT2D eigenvalue weighted by Crippen LogP contribution is 2.38. The number of amides is 2. The quantitative estimate of drug-likeness (QED) is 0.285. The van der Waals surface area contributed by atoms with Crippen LogP contribution in [0.4, 0.5) is 4.79 Å². The summed E-state index contributed by atoms with van der Waals surface area (Å²) in [5.41, 5.74) is 1.88. The van der Waals surface area contributed by atoms with Gasteiger partial charge in [0.1, 0.15) is 6.61 Å². The molecular formula is C25H26INO4S. The van der Waals surface area contributed by atoms with E-state index in [9.17, 15) is 9.59 Å². The van der Waals surface area contributed by atoms with E-state index in [0.717, 1.165) is 39.3 Å². The van der Waals surface area contributed by atoms with Crippen LogP contribution in [0.15, 0.2) is 47.4 Å². The van der Waals surface area contributed by atoms with Gasteiger partial charge in [0.25, 0.3) is 11.1 Å². The van der Waals surface area contributed by atoms with E-state index in [1.807, 2.05) is 42.5 Å². The highest BCUT2D eigenvalue weighted by molar-refractivity contribution is 14.1. The summed E-state index contributed by atoms with van der Waals surface area (Å²) in [4.78, 5) is 27.3. The molecule has 5 nitrogen and oxygen atoms in total. The Balaban J connectivity index is 1.50. The van der Waals surface area contributed by atoms with Crippen molar-refractivity contribution in [2.75, 3.05) is 13.7 Å². The van der Waals surface area contributed by atoms with Crippen LogP contribution in [0.25, 0.3) is 6.08 Å². The fourth-order valence-corrected chi connectivity index (χ4v) is 5.76. The second-order valence-electron chi connectivity index (χ2n) is 8.10. The van der Waals surface area contributed by atoms with Crippen LogP contribution < -0.4 is 9.47 Å². The van der Waals surface area contributed by atoms with Crippen molar-refractivity contribution >= 4 is 51.6 Å². The molecule has 0 spiro atoms. The maximum atomic E-state index is 12.9. The highest BCUT2D eigenvalue weighted by atomic mass is 127. The van der Waals surface area contributed by atoms with Crippen molar-refractivity contribution in [3.05, 3.63) is 62.1 Å². The van der Waals surface area contributed by atoms with E-state index in [1.54, 1.807) is 13.2 Å². The zero-order chi connectivity index (χ0) is 22.5. The van der Waals surface area contributed by atoms with Gasteiger partial charge in [-0.05, 0) is 82.4 Å². The Bertz CT molecular complexity index is 1020. The predicted octanol–water partition coefficient (Wildman–Crippen LogP) is 6.50. The number of hydrogen-bond donors (Lipinski definition) is 0. The zero-order valence-corrected chi connectivity index (χ0v) is 21.0. The number of benzene rings is 2. The molecule has 32 heavy (non-hydrogen) atoms. The van der Waals surface area contributed by atoms with Crippen molar-refractivity contribution in [2.45, 2.75) is 38.7 Å². The largest absolute Gasteiger partial charge is 0.493 e. The van der Waals surface area contributed by atoms with Crippen LogP contribution in [-0.4, -0.2) is 29.7 Å². The minimum Gasteiger partial charge on any atom is -0.493 e. The molecule has 168 valence electrons. The molecule has 0 unspecified atom stereocenters. The summed E-state index contributed by atoms with van der Waals surface area (Å²) in [6.07, 6.45) is 7.60. The number of methoxy groups -OCH3 is 1. The third-order valence-corrected chi connectivity index (χ3v) is 7.52. The van der Waals surface area contributed by atoms with E-state index in [2.05, 4.69) is 22.6 Å². The molecule has 0 bridgehead atoms. The van der Waals surface area contributed by atoms with E-state index >= 15 is 0 Å². The Morgan fingerprint density at radius 3 is 2.59 bits per heavy atom. The number of halogens is 1. The van der Waals surface area contributed by atoms with Crippen molar-refractivity contribution in [3.63, 3.8) is 0 Å². The Morgan fingerprint density at radius 1 is 1.12 bits per heavy atom. The molecular weight excluding hydrogens is 537 g/mol. The van der Waals surface area contributed by atoms with E-state index in [0.29, 0.717) is 35.5 Å². The lowest BCUT2D eigenvalue weighted by Crippen LogP contribution is -2.34. The number of hydrogen-bond acceptors (Lipinski definition) is 5. The van der Waals surface area contributed by atoms with Gasteiger partial charge in [-0.1, -0.05) is 49.6 Å². The van der Waals surface area contributed by atoms with E-state index in [4.69, 9.17) is 9.47 Å². The summed E-state index contributed by atoms with van der Waals surface area (Å²) in [5.74, 6) is 1.50. The van der Waals surface area contributed by atoms with Gasteiger partial charge in [-0.15, -0.1) is 0 Å². The SMILES string of the molecule is COc1cc(/C=C2/SC(=O)N(CC3CCCCC3)C2=O)cc(I)c1OCc1ccccc1. The molecule has 0 N–H and O–H groups in total. The molecule has 1 aliphatic heterocycles. The third-order valence-electron chi connectivity index (χ3n) is 5.81. The molecule has 1 heterocycles. The summed E-state index contributed by atoms with van der Waals surface area (Å²) in [6.45, 7) is 0.974. The highest BCUT2D eigenvalue weighted by Gasteiger charge is 2.36. The summed E-state index contributed by atoms with van der Waals surface area (Å²) >= 11 is 3.23. The van der Waals surface area contributed by atoms with Crippen LogP contribution in [0.2, 0.25) is 0 Å².